The normalized spacial score (nSPS) is 17.2. The fourth-order valence-corrected chi connectivity index (χ4v) is 2.18. The van der Waals surface area contributed by atoms with Crippen LogP contribution < -0.4 is 4.74 Å². The quantitative estimate of drug-likeness (QED) is 0.835. The van der Waals surface area contributed by atoms with Crippen LogP contribution in [-0.4, -0.2) is 35.8 Å². The van der Waals surface area contributed by atoms with E-state index in [0.29, 0.717) is 31.7 Å². The van der Waals surface area contributed by atoms with E-state index in [-0.39, 0.29) is 11.7 Å². The van der Waals surface area contributed by atoms with Crippen molar-refractivity contribution in [2.24, 2.45) is 0 Å². The topological polar surface area (TPSA) is 46.6 Å². The summed E-state index contributed by atoms with van der Waals surface area (Å²) in [5.74, 6) is 0.888. The van der Waals surface area contributed by atoms with Crippen molar-refractivity contribution < 1.29 is 14.3 Å². The number of carbonyl (C=O) groups is 2. The summed E-state index contributed by atoms with van der Waals surface area (Å²) in [6.45, 7) is 4.76. The van der Waals surface area contributed by atoms with Gasteiger partial charge in [-0.1, -0.05) is 12.1 Å². The smallest absolute Gasteiger partial charge is 0.263 e. The molecule has 2 rings (SSSR count). The molecular weight excluding hydrogens is 242 g/mol. The van der Waals surface area contributed by atoms with Gasteiger partial charge in [-0.2, -0.15) is 0 Å². The predicted molar refractivity (Wildman–Crippen MR) is 72.1 cm³/mol. The molecular formula is C15H19NO3. The van der Waals surface area contributed by atoms with E-state index in [9.17, 15) is 9.59 Å². The molecule has 1 aromatic carbocycles. The van der Waals surface area contributed by atoms with E-state index in [2.05, 4.69) is 0 Å². The Morgan fingerprint density at radius 3 is 2.63 bits per heavy atom. The Bertz CT molecular complexity index is 474. The van der Waals surface area contributed by atoms with Gasteiger partial charge in [0.1, 0.15) is 11.5 Å². The lowest BCUT2D eigenvalue weighted by molar-refractivity contribution is -0.140. The van der Waals surface area contributed by atoms with Crippen molar-refractivity contribution in [3.8, 4) is 5.75 Å². The highest BCUT2D eigenvalue weighted by Crippen LogP contribution is 2.16. The van der Waals surface area contributed by atoms with Crippen LogP contribution in [-0.2, 0) is 9.59 Å². The first-order valence-electron chi connectivity index (χ1n) is 6.60. The average molecular weight is 261 g/mol. The van der Waals surface area contributed by atoms with Gasteiger partial charge in [0, 0.05) is 25.9 Å². The summed E-state index contributed by atoms with van der Waals surface area (Å²) < 4.78 is 5.66. The molecule has 1 aliphatic rings. The molecule has 1 heterocycles. The second-order valence-electron chi connectivity index (χ2n) is 4.94. The Balaban J connectivity index is 1.94. The molecule has 1 saturated heterocycles. The highest BCUT2D eigenvalue weighted by Gasteiger charge is 2.25. The molecule has 0 spiro atoms. The number of aryl methyl sites for hydroxylation is 1. The maximum Gasteiger partial charge on any atom is 0.263 e. The molecule has 4 heteroatoms. The van der Waals surface area contributed by atoms with E-state index >= 15 is 0 Å². The maximum absolute atomic E-state index is 12.2. The number of ketones is 1. The largest absolute Gasteiger partial charge is 0.481 e. The maximum atomic E-state index is 12.2. The van der Waals surface area contributed by atoms with Crippen LogP contribution in [0.5, 0.6) is 5.75 Å². The molecule has 0 radical (unpaired) electrons. The number of piperidine rings is 1. The molecule has 0 aliphatic carbocycles. The minimum absolute atomic E-state index is 0.0472. The standard InChI is InChI=1S/C15H19NO3/c1-11-4-3-5-14(10-11)19-12(2)15(18)16-8-6-13(17)7-9-16/h3-5,10,12H,6-9H2,1-2H3. The molecule has 0 aromatic heterocycles. The lowest BCUT2D eigenvalue weighted by atomic mass is 10.1. The number of likely N-dealkylation sites (tertiary alicyclic amines) is 1. The van der Waals surface area contributed by atoms with Gasteiger partial charge in [-0.25, -0.2) is 0 Å². The number of carbonyl (C=O) groups excluding carboxylic acids is 2. The molecule has 19 heavy (non-hydrogen) atoms. The fraction of sp³-hybridized carbons (Fsp3) is 0.467. The van der Waals surface area contributed by atoms with Crippen LogP contribution in [0, 0.1) is 6.92 Å². The van der Waals surface area contributed by atoms with Gasteiger partial charge < -0.3 is 9.64 Å². The Labute approximate surface area is 113 Å². The monoisotopic (exact) mass is 261 g/mol. The predicted octanol–water partition coefficient (Wildman–Crippen LogP) is 1.95. The van der Waals surface area contributed by atoms with Crippen LogP contribution in [0.1, 0.15) is 25.3 Å². The first-order chi connectivity index (χ1) is 9.06. The van der Waals surface area contributed by atoms with Gasteiger partial charge in [0.05, 0.1) is 0 Å². The molecule has 0 saturated carbocycles. The molecule has 4 nitrogen and oxygen atoms in total. The summed E-state index contributed by atoms with van der Waals surface area (Å²) in [5, 5.41) is 0. The molecule has 1 aromatic rings. The molecule has 102 valence electrons. The van der Waals surface area contributed by atoms with Crippen molar-refractivity contribution in [2.75, 3.05) is 13.1 Å². The van der Waals surface area contributed by atoms with E-state index in [1.165, 1.54) is 0 Å². The van der Waals surface area contributed by atoms with E-state index in [1.54, 1.807) is 11.8 Å². The van der Waals surface area contributed by atoms with Gasteiger partial charge in [-0.15, -0.1) is 0 Å². The number of hydrogen-bond acceptors (Lipinski definition) is 3. The average Bonchev–Trinajstić information content (AvgIpc) is 2.39. The first kappa shape index (κ1) is 13.6. The number of Topliss-reactive ketones (excluding diaryl/α,β-unsaturated/α-hetero) is 1. The third kappa shape index (κ3) is 3.56. The van der Waals surface area contributed by atoms with Crippen LogP contribution in [0.3, 0.4) is 0 Å². The summed E-state index contributed by atoms with van der Waals surface area (Å²) in [6.07, 6.45) is 0.404. The number of hydrogen-bond donors (Lipinski definition) is 0. The summed E-state index contributed by atoms with van der Waals surface area (Å²) in [5.41, 5.74) is 1.10. The highest BCUT2D eigenvalue weighted by molar-refractivity contribution is 5.85. The Hall–Kier alpha value is -1.84. The summed E-state index contributed by atoms with van der Waals surface area (Å²) in [7, 11) is 0. The number of benzene rings is 1. The Morgan fingerprint density at radius 1 is 1.32 bits per heavy atom. The highest BCUT2D eigenvalue weighted by atomic mass is 16.5. The molecule has 1 amide bonds. The van der Waals surface area contributed by atoms with Crippen LogP contribution in [0.4, 0.5) is 0 Å². The van der Waals surface area contributed by atoms with Gasteiger partial charge in [0.25, 0.3) is 5.91 Å². The van der Waals surface area contributed by atoms with Crippen LogP contribution in [0.15, 0.2) is 24.3 Å². The number of rotatable bonds is 3. The first-order valence-corrected chi connectivity index (χ1v) is 6.60. The number of nitrogens with zero attached hydrogens (tertiary/aromatic N) is 1. The zero-order valence-corrected chi connectivity index (χ0v) is 11.4. The number of amides is 1. The van der Waals surface area contributed by atoms with Gasteiger partial charge in [0.15, 0.2) is 6.10 Å². The van der Waals surface area contributed by atoms with Gasteiger partial charge in [0.2, 0.25) is 0 Å². The minimum atomic E-state index is -0.519. The minimum Gasteiger partial charge on any atom is -0.481 e. The molecule has 1 unspecified atom stereocenters. The van der Waals surface area contributed by atoms with Crippen molar-refractivity contribution in [3.63, 3.8) is 0 Å². The van der Waals surface area contributed by atoms with E-state index in [4.69, 9.17) is 4.74 Å². The van der Waals surface area contributed by atoms with Crippen molar-refractivity contribution >= 4 is 11.7 Å². The zero-order chi connectivity index (χ0) is 13.8. The lowest BCUT2D eigenvalue weighted by Gasteiger charge is -2.28. The SMILES string of the molecule is Cc1cccc(OC(C)C(=O)N2CCC(=O)CC2)c1. The molecule has 0 N–H and O–H groups in total. The number of ether oxygens (including phenoxy) is 1. The molecule has 1 fully saturated rings. The Kier molecular flexibility index (Phi) is 4.20. The van der Waals surface area contributed by atoms with Crippen LogP contribution in [0.2, 0.25) is 0 Å². The third-order valence-corrected chi connectivity index (χ3v) is 3.28. The zero-order valence-electron chi connectivity index (χ0n) is 11.4. The summed E-state index contributed by atoms with van der Waals surface area (Å²) in [4.78, 5) is 25.1. The van der Waals surface area contributed by atoms with E-state index in [0.717, 1.165) is 5.56 Å². The second-order valence-corrected chi connectivity index (χ2v) is 4.94. The van der Waals surface area contributed by atoms with Gasteiger partial charge in [-0.3, -0.25) is 9.59 Å². The lowest BCUT2D eigenvalue weighted by Crippen LogP contribution is -2.44. The molecule has 0 bridgehead atoms. The third-order valence-electron chi connectivity index (χ3n) is 3.28. The molecule has 1 aliphatic heterocycles. The summed E-state index contributed by atoms with van der Waals surface area (Å²) >= 11 is 0. The molecule has 1 atom stereocenters. The van der Waals surface area contributed by atoms with Gasteiger partial charge >= 0.3 is 0 Å². The van der Waals surface area contributed by atoms with Crippen LogP contribution >= 0.6 is 0 Å². The van der Waals surface area contributed by atoms with Crippen molar-refractivity contribution in [1.82, 2.24) is 4.90 Å². The van der Waals surface area contributed by atoms with E-state index < -0.39 is 6.10 Å². The fourth-order valence-electron chi connectivity index (χ4n) is 2.18. The van der Waals surface area contributed by atoms with Crippen molar-refractivity contribution in [2.45, 2.75) is 32.8 Å². The van der Waals surface area contributed by atoms with Crippen molar-refractivity contribution in [3.05, 3.63) is 29.8 Å². The van der Waals surface area contributed by atoms with Gasteiger partial charge in [-0.05, 0) is 31.5 Å². The van der Waals surface area contributed by atoms with E-state index in [1.807, 2.05) is 31.2 Å². The van der Waals surface area contributed by atoms with Crippen molar-refractivity contribution in [1.29, 1.82) is 0 Å². The summed E-state index contributed by atoms with van der Waals surface area (Å²) in [6, 6.07) is 7.64. The van der Waals surface area contributed by atoms with Crippen LogP contribution in [0.25, 0.3) is 0 Å². The Morgan fingerprint density at radius 2 is 2.00 bits per heavy atom. The second kappa shape index (κ2) is 5.87.